The van der Waals surface area contributed by atoms with Crippen molar-refractivity contribution in [3.8, 4) is 0 Å². The highest BCUT2D eigenvalue weighted by atomic mass is 35.5. The number of aromatic nitrogens is 2. The number of hydrogen-bond acceptors (Lipinski definition) is 6. The molecule has 28 heavy (non-hydrogen) atoms. The van der Waals surface area contributed by atoms with Crippen molar-refractivity contribution in [2.24, 2.45) is 0 Å². The molecule has 0 aliphatic heterocycles. The molecule has 0 aliphatic rings. The number of nitrogens with one attached hydrogen (secondary N) is 2. The van der Waals surface area contributed by atoms with Gasteiger partial charge in [-0.25, -0.2) is 9.78 Å². The van der Waals surface area contributed by atoms with Crippen LogP contribution in [0.1, 0.15) is 26.5 Å². The molecule has 3 aromatic rings. The molecule has 0 unspecified atom stereocenters. The van der Waals surface area contributed by atoms with Gasteiger partial charge in [-0.3, -0.25) is 9.78 Å². The Hall–Kier alpha value is -3.45. The average molecular weight is 397 g/mol. The maximum absolute atomic E-state index is 12.2. The topological polar surface area (TPSA) is 93.2 Å². The number of benzene rings is 1. The summed E-state index contributed by atoms with van der Waals surface area (Å²) in [5, 5.41) is 6.27. The van der Waals surface area contributed by atoms with Crippen LogP contribution in [-0.4, -0.2) is 29.0 Å². The number of ether oxygens (including phenoxy) is 1. The zero-order chi connectivity index (χ0) is 19.9. The summed E-state index contributed by atoms with van der Waals surface area (Å²) in [4.78, 5) is 32.2. The van der Waals surface area contributed by atoms with E-state index >= 15 is 0 Å². The maximum atomic E-state index is 12.2. The van der Waals surface area contributed by atoms with E-state index in [1.807, 2.05) is 18.2 Å². The zero-order valence-corrected chi connectivity index (χ0v) is 15.7. The molecule has 0 saturated carbocycles. The minimum atomic E-state index is -0.460. The van der Waals surface area contributed by atoms with Crippen LogP contribution in [-0.2, 0) is 11.3 Å². The van der Waals surface area contributed by atoms with Crippen LogP contribution in [0.2, 0.25) is 5.02 Å². The molecule has 0 radical (unpaired) electrons. The van der Waals surface area contributed by atoms with Crippen molar-refractivity contribution in [1.82, 2.24) is 15.3 Å². The molecule has 2 aromatic heterocycles. The second-order valence-corrected chi connectivity index (χ2v) is 6.15. The fourth-order valence-corrected chi connectivity index (χ4v) is 2.55. The Bertz CT molecular complexity index is 979. The molecule has 142 valence electrons. The Balaban J connectivity index is 1.66. The number of amides is 1. The lowest BCUT2D eigenvalue weighted by molar-refractivity contribution is 0.0600. The molecule has 7 nitrogen and oxygen atoms in total. The number of halogens is 1. The number of methoxy groups -OCH3 is 1. The second kappa shape index (κ2) is 8.96. The van der Waals surface area contributed by atoms with Crippen molar-refractivity contribution in [3.05, 3.63) is 82.9 Å². The third-order valence-electron chi connectivity index (χ3n) is 3.82. The summed E-state index contributed by atoms with van der Waals surface area (Å²) in [5.41, 5.74) is 2.54. The van der Waals surface area contributed by atoms with Gasteiger partial charge in [0.2, 0.25) is 0 Å². The standard InChI is InChI=1S/C20H17ClN4O3/c1-28-20(27)13-5-7-16(21)18(10-13)25-15-6-8-17(23-12-15)19(26)24-11-14-4-2-3-9-22-14/h2-10,12,25H,11H2,1H3,(H,24,26). The first kappa shape index (κ1) is 19.3. The minimum Gasteiger partial charge on any atom is -0.465 e. The Morgan fingerprint density at radius 1 is 1.11 bits per heavy atom. The van der Waals surface area contributed by atoms with Crippen molar-refractivity contribution in [3.63, 3.8) is 0 Å². The molecule has 0 saturated heterocycles. The normalized spacial score (nSPS) is 10.2. The number of nitrogens with zero attached hydrogens (tertiary/aromatic N) is 2. The quantitative estimate of drug-likeness (QED) is 0.618. The summed E-state index contributed by atoms with van der Waals surface area (Å²) in [5.74, 6) is -0.763. The average Bonchev–Trinajstić information content (AvgIpc) is 2.74. The second-order valence-electron chi connectivity index (χ2n) is 5.75. The van der Waals surface area contributed by atoms with E-state index in [-0.39, 0.29) is 11.6 Å². The minimum absolute atomic E-state index is 0.274. The smallest absolute Gasteiger partial charge is 0.337 e. The van der Waals surface area contributed by atoms with Crippen LogP contribution < -0.4 is 10.6 Å². The summed E-state index contributed by atoms with van der Waals surface area (Å²) < 4.78 is 4.71. The molecular formula is C20H17ClN4O3. The van der Waals surface area contributed by atoms with Crippen molar-refractivity contribution in [2.75, 3.05) is 12.4 Å². The molecular weight excluding hydrogens is 380 g/mol. The number of pyridine rings is 2. The van der Waals surface area contributed by atoms with Crippen molar-refractivity contribution >= 4 is 34.9 Å². The highest BCUT2D eigenvalue weighted by Gasteiger charge is 2.11. The molecule has 8 heteroatoms. The molecule has 3 rings (SSSR count). The lowest BCUT2D eigenvalue weighted by Crippen LogP contribution is -2.24. The molecule has 1 aromatic carbocycles. The van der Waals surface area contributed by atoms with Gasteiger partial charge in [0, 0.05) is 6.20 Å². The Morgan fingerprint density at radius 2 is 1.96 bits per heavy atom. The van der Waals surface area contributed by atoms with Crippen LogP contribution in [0.3, 0.4) is 0 Å². The molecule has 0 bridgehead atoms. The summed E-state index contributed by atoms with van der Waals surface area (Å²) in [6, 6.07) is 13.5. The van der Waals surface area contributed by atoms with E-state index in [2.05, 4.69) is 20.6 Å². The highest BCUT2D eigenvalue weighted by molar-refractivity contribution is 6.33. The van der Waals surface area contributed by atoms with E-state index in [9.17, 15) is 9.59 Å². The first-order valence-corrected chi connectivity index (χ1v) is 8.73. The SMILES string of the molecule is COC(=O)c1ccc(Cl)c(Nc2ccc(C(=O)NCc3ccccn3)nc2)c1. The van der Waals surface area contributed by atoms with E-state index < -0.39 is 5.97 Å². The first-order valence-electron chi connectivity index (χ1n) is 8.36. The maximum Gasteiger partial charge on any atom is 0.337 e. The van der Waals surface area contributed by atoms with Crippen LogP contribution in [0.25, 0.3) is 0 Å². The number of esters is 1. The lowest BCUT2D eigenvalue weighted by atomic mass is 10.2. The van der Waals surface area contributed by atoms with Crippen molar-refractivity contribution < 1.29 is 14.3 Å². The number of carbonyl (C=O) groups is 2. The van der Waals surface area contributed by atoms with Gasteiger partial charge in [0.1, 0.15) is 5.69 Å². The van der Waals surface area contributed by atoms with E-state index in [4.69, 9.17) is 16.3 Å². The third kappa shape index (κ3) is 4.83. The number of rotatable bonds is 6. The molecule has 0 spiro atoms. The van der Waals surface area contributed by atoms with Gasteiger partial charge < -0.3 is 15.4 Å². The van der Waals surface area contributed by atoms with Gasteiger partial charge in [-0.15, -0.1) is 0 Å². The molecule has 0 fully saturated rings. The van der Waals surface area contributed by atoms with Crippen molar-refractivity contribution in [1.29, 1.82) is 0 Å². The van der Waals surface area contributed by atoms with E-state index in [1.165, 1.54) is 13.3 Å². The third-order valence-corrected chi connectivity index (χ3v) is 4.15. The highest BCUT2D eigenvalue weighted by Crippen LogP contribution is 2.26. The van der Waals surface area contributed by atoms with Gasteiger partial charge >= 0.3 is 5.97 Å². The van der Waals surface area contributed by atoms with Crippen LogP contribution in [0, 0.1) is 0 Å². The Labute approximate surface area is 166 Å². The van der Waals surface area contributed by atoms with Gasteiger partial charge in [-0.1, -0.05) is 17.7 Å². The fraction of sp³-hybridized carbons (Fsp3) is 0.100. The molecule has 1 amide bonds. The van der Waals surface area contributed by atoms with E-state index in [0.29, 0.717) is 28.5 Å². The van der Waals surface area contributed by atoms with Crippen LogP contribution >= 0.6 is 11.6 Å². The van der Waals surface area contributed by atoms with Crippen LogP contribution in [0.5, 0.6) is 0 Å². The Morgan fingerprint density at radius 3 is 2.64 bits per heavy atom. The predicted octanol–water partition coefficient (Wildman–Crippen LogP) is 3.59. The molecule has 2 N–H and O–H groups in total. The van der Waals surface area contributed by atoms with E-state index in [0.717, 1.165) is 5.69 Å². The van der Waals surface area contributed by atoms with Crippen LogP contribution in [0.15, 0.2) is 60.9 Å². The molecule has 0 atom stereocenters. The van der Waals surface area contributed by atoms with Gasteiger partial charge in [-0.05, 0) is 42.5 Å². The number of carbonyl (C=O) groups excluding carboxylic acids is 2. The monoisotopic (exact) mass is 396 g/mol. The number of hydrogen-bond donors (Lipinski definition) is 2. The van der Waals surface area contributed by atoms with Gasteiger partial charge in [-0.2, -0.15) is 0 Å². The van der Waals surface area contributed by atoms with Gasteiger partial charge in [0.05, 0.1) is 47.5 Å². The van der Waals surface area contributed by atoms with Crippen LogP contribution in [0.4, 0.5) is 11.4 Å². The summed E-state index contributed by atoms with van der Waals surface area (Å²) in [7, 11) is 1.31. The van der Waals surface area contributed by atoms with Crippen molar-refractivity contribution in [2.45, 2.75) is 6.54 Å². The fourth-order valence-electron chi connectivity index (χ4n) is 2.39. The summed E-state index contributed by atoms with van der Waals surface area (Å²) >= 11 is 6.17. The predicted molar refractivity (Wildman–Crippen MR) is 106 cm³/mol. The Kier molecular flexibility index (Phi) is 6.18. The van der Waals surface area contributed by atoms with Gasteiger partial charge in [0.15, 0.2) is 0 Å². The molecule has 2 heterocycles. The van der Waals surface area contributed by atoms with E-state index in [1.54, 1.807) is 36.5 Å². The van der Waals surface area contributed by atoms with Gasteiger partial charge in [0.25, 0.3) is 5.91 Å². The lowest BCUT2D eigenvalue weighted by Gasteiger charge is -2.10. The zero-order valence-electron chi connectivity index (χ0n) is 15.0. The largest absolute Gasteiger partial charge is 0.465 e. The summed E-state index contributed by atoms with van der Waals surface area (Å²) in [6.07, 6.45) is 3.18. The first-order chi connectivity index (χ1) is 13.6. The summed E-state index contributed by atoms with van der Waals surface area (Å²) in [6.45, 7) is 0.317. The molecule has 0 aliphatic carbocycles. The number of anilines is 2.